The summed E-state index contributed by atoms with van der Waals surface area (Å²) in [4.78, 5) is 10.9. The Labute approximate surface area is 99.1 Å². The molecule has 4 nitrogen and oxygen atoms in total. The number of ether oxygens (including phenoxy) is 1. The van der Waals surface area contributed by atoms with Gasteiger partial charge in [0, 0.05) is 0 Å². The quantitative estimate of drug-likeness (QED) is 0.596. The van der Waals surface area contributed by atoms with Gasteiger partial charge >= 0.3 is 5.97 Å². The number of carbonyl (C=O) groups is 1. The van der Waals surface area contributed by atoms with Crippen LogP contribution in [0.3, 0.4) is 0 Å². The Morgan fingerprint density at radius 1 is 1.38 bits per heavy atom. The maximum absolute atomic E-state index is 10.9. The van der Waals surface area contributed by atoms with E-state index >= 15 is 0 Å². The molecule has 5 heteroatoms. The largest absolute Gasteiger partial charge is 0.469 e. The molecule has 0 aliphatic carbocycles. The van der Waals surface area contributed by atoms with E-state index in [9.17, 15) is 9.90 Å². The zero-order chi connectivity index (χ0) is 13.0. The van der Waals surface area contributed by atoms with Crippen molar-refractivity contribution in [3.63, 3.8) is 0 Å². The lowest BCUT2D eigenvalue weighted by Gasteiger charge is -2.36. The highest BCUT2D eigenvalue weighted by molar-refractivity contribution is 6.74. The average molecular weight is 248 g/mol. The molecule has 0 aliphatic heterocycles. The predicted molar refractivity (Wildman–Crippen MR) is 65.8 cm³/mol. The summed E-state index contributed by atoms with van der Waals surface area (Å²) in [6, 6.07) is 0. The van der Waals surface area contributed by atoms with Gasteiger partial charge in [-0.3, -0.25) is 4.79 Å². The first-order valence-corrected chi connectivity index (χ1v) is 8.40. The summed E-state index contributed by atoms with van der Waals surface area (Å²) in [5.41, 5.74) is 0. The Balaban J connectivity index is 4.10. The Morgan fingerprint density at radius 2 is 1.88 bits per heavy atom. The van der Waals surface area contributed by atoms with Crippen LogP contribution in [-0.4, -0.2) is 39.2 Å². The van der Waals surface area contributed by atoms with Gasteiger partial charge in [0.2, 0.25) is 0 Å². The topological polar surface area (TPSA) is 55.8 Å². The average Bonchev–Trinajstić information content (AvgIpc) is 2.13. The van der Waals surface area contributed by atoms with E-state index in [0.29, 0.717) is 0 Å². The summed E-state index contributed by atoms with van der Waals surface area (Å²) in [5, 5.41) is 9.69. The second-order valence-electron chi connectivity index (χ2n) is 5.51. The number of rotatable bonds is 5. The van der Waals surface area contributed by atoms with Gasteiger partial charge in [-0.2, -0.15) is 0 Å². The van der Waals surface area contributed by atoms with Crippen molar-refractivity contribution in [1.29, 1.82) is 0 Å². The van der Waals surface area contributed by atoms with E-state index in [2.05, 4.69) is 38.6 Å². The second kappa shape index (κ2) is 5.79. The molecule has 0 heterocycles. The summed E-state index contributed by atoms with van der Waals surface area (Å²) in [6.07, 6.45) is -0.785. The van der Waals surface area contributed by atoms with Gasteiger partial charge in [0.05, 0.1) is 26.2 Å². The van der Waals surface area contributed by atoms with Crippen LogP contribution in [0.4, 0.5) is 0 Å². The van der Waals surface area contributed by atoms with Gasteiger partial charge in [0.1, 0.15) is 0 Å². The predicted octanol–water partition coefficient (Wildman–Crippen LogP) is 1.93. The SMILES string of the molecule is COC(=O)CC(O)CO[Si](C)(C)C(C)(C)C. The van der Waals surface area contributed by atoms with Crippen molar-refractivity contribution in [1.82, 2.24) is 0 Å². The van der Waals surface area contributed by atoms with E-state index in [1.165, 1.54) is 7.11 Å². The van der Waals surface area contributed by atoms with E-state index in [4.69, 9.17) is 4.43 Å². The molecule has 0 bridgehead atoms. The van der Waals surface area contributed by atoms with Crippen molar-refractivity contribution < 1.29 is 19.1 Å². The van der Waals surface area contributed by atoms with Gasteiger partial charge in [-0.25, -0.2) is 0 Å². The van der Waals surface area contributed by atoms with Crippen molar-refractivity contribution in [2.24, 2.45) is 0 Å². The molecule has 1 atom stereocenters. The van der Waals surface area contributed by atoms with E-state index in [1.54, 1.807) is 0 Å². The van der Waals surface area contributed by atoms with Crippen LogP contribution in [-0.2, 0) is 14.0 Å². The minimum Gasteiger partial charge on any atom is -0.469 e. The minimum absolute atomic E-state index is 0.00881. The highest BCUT2D eigenvalue weighted by atomic mass is 28.4. The maximum Gasteiger partial charge on any atom is 0.308 e. The maximum atomic E-state index is 10.9. The fourth-order valence-corrected chi connectivity index (χ4v) is 1.90. The number of carbonyl (C=O) groups excluding carboxylic acids is 1. The summed E-state index contributed by atoms with van der Waals surface area (Å²) in [5.74, 6) is -0.411. The summed E-state index contributed by atoms with van der Waals surface area (Å²) in [7, 11) is -0.532. The van der Waals surface area contributed by atoms with Crippen LogP contribution in [0.25, 0.3) is 0 Å². The molecular weight excluding hydrogens is 224 g/mol. The van der Waals surface area contributed by atoms with Gasteiger partial charge in [-0.1, -0.05) is 20.8 Å². The van der Waals surface area contributed by atoms with Crippen LogP contribution in [0.2, 0.25) is 18.1 Å². The van der Waals surface area contributed by atoms with Crippen molar-refractivity contribution >= 4 is 14.3 Å². The van der Waals surface area contributed by atoms with E-state index in [0.717, 1.165) is 0 Å². The summed E-state index contributed by atoms with van der Waals surface area (Å²) in [6.45, 7) is 10.8. The molecule has 0 aromatic rings. The van der Waals surface area contributed by atoms with Gasteiger partial charge in [0.15, 0.2) is 8.32 Å². The van der Waals surface area contributed by atoms with Crippen LogP contribution < -0.4 is 0 Å². The van der Waals surface area contributed by atoms with Gasteiger partial charge < -0.3 is 14.3 Å². The van der Waals surface area contributed by atoms with Gasteiger partial charge in [0.25, 0.3) is 0 Å². The van der Waals surface area contributed by atoms with Crippen LogP contribution in [0, 0.1) is 0 Å². The fourth-order valence-electron chi connectivity index (χ4n) is 0.856. The van der Waals surface area contributed by atoms with E-state index in [1.807, 2.05) is 0 Å². The molecule has 96 valence electrons. The number of aliphatic hydroxyl groups is 1. The Bertz CT molecular complexity index is 233. The molecule has 16 heavy (non-hydrogen) atoms. The van der Waals surface area contributed by atoms with Gasteiger partial charge in [-0.05, 0) is 18.1 Å². The van der Waals surface area contributed by atoms with Crippen molar-refractivity contribution in [2.45, 2.75) is 51.4 Å². The number of esters is 1. The van der Waals surface area contributed by atoms with E-state index in [-0.39, 0.29) is 18.1 Å². The molecule has 0 aliphatic rings. The third-order valence-corrected chi connectivity index (χ3v) is 7.57. The first-order valence-electron chi connectivity index (χ1n) is 5.49. The Hall–Kier alpha value is -0.393. The zero-order valence-corrected chi connectivity index (χ0v) is 12.2. The number of hydrogen-bond acceptors (Lipinski definition) is 4. The minimum atomic E-state index is -1.84. The lowest BCUT2D eigenvalue weighted by atomic mass is 10.2. The molecule has 1 unspecified atom stereocenters. The molecule has 0 aromatic carbocycles. The van der Waals surface area contributed by atoms with Crippen LogP contribution >= 0.6 is 0 Å². The Morgan fingerprint density at radius 3 is 2.25 bits per heavy atom. The van der Waals surface area contributed by atoms with Gasteiger partial charge in [-0.15, -0.1) is 0 Å². The van der Waals surface area contributed by atoms with Crippen LogP contribution in [0.15, 0.2) is 0 Å². The first-order chi connectivity index (χ1) is 7.10. The third kappa shape index (κ3) is 5.09. The van der Waals surface area contributed by atoms with Crippen molar-refractivity contribution in [3.8, 4) is 0 Å². The standard InChI is InChI=1S/C11H24O4Si/c1-11(2,3)16(5,6)15-8-9(12)7-10(13)14-4/h9,12H,7-8H2,1-6H3. The summed E-state index contributed by atoms with van der Waals surface area (Å²) >= 11 is 0. The smallest absolute Gasteiger partial charge is 0.308 e. The summed E-state index contributed by atoms with van der Waals surface area (Å²) < 4.78 is 10.3. The zero-order valence-electron chi connectivity index (χ0n) is 11.2. The molecule has 0 radical (unpaired) electrons. The molecule has 0 aromatic heterocycles. The van der Waals surface area contributed by atoms with Crippen molar-refractivity contribution in [2.75, 3.05) is 13.7 Å². The fraction of sp³-hybridized carbons (Fsp3) is 0.909. The van der Waals surface area contributed by atoms with Crippen LogP contribution in [0.5, 0.6) is 0 Å². The number of hydrogen-bond donors (Lipinski definition) is 1. The molecule has 0 saturated carbocycles. The number of aliphatic hydroxyl groups excluding tert-OH is 1. The lowest BCUT2D eigenvalue weighted by molar-refractivity contribution is -0.143. The monoisotopic (exact) mass is 248 g/mol. The lowest BCUT2D eigenvalue weighted by Crippen LogP contribution is -2.42. The van der Waals surface area contributed by atoms with Crippen LogP contribution in [0.1, 0.15) is 27.2 Å². The second-order valence-corrected chi connectivity index (χ2v) is 10.3. The number of methoxy groups -OCH3 is 1. The molecular formula is C11H24O4Si. The molecule has 0 amide bonds. The highest BCUT2D eigenvalue weighted by Gasteiger charge is 2.37. The third-order valence-electron chi connectivity index (χ3n) is 3.07. The van der Waals surface area contributed by atoms with E-state index < -0.39 is 20.4 Å². The van der Waals surface area contributed by atoms with Crippen molar-refractivity contribution in [3.05, 3.63) is 0 Å². The molecule has 0 fully saturated rings. The first kappa shape index (κ1) is 15.6. The molecule has 0 rings (SSSR count). The molecule has 1 N–H and O–H groups in total. The Kier molecular flexibility index (Phi) is 5.65. The molecule has 0 spiro atoms. The molecule has 0 saturated heterocycles. The highest BCUT2D eigenvalue weighted by Crippen LogP contribution is 2.36. The normalized spacial score (nSPS) is 14.7.